The zero-order valence-corrected chi connectivity index (χ0v) is 21.4. The number of fused-ring (bicyclic) bond motifs is 1. The standard InChI is InChI=1S/C28H28F2N2O3S/c1-28(2,3)35-27(34)31(4)22-9-10-23-24(14-22)32(15-18-11-20(29)13-21(30)12-18)16-26(23)36-25-8-6-5-7-19(25)17-33/h5-14,16,33H,15,17H2,1-4H3. The summed E-state index contributed by atoms with van der Waals surface area (Å²) in [6.45, 7) is 5.55. The highest BCUT2D eigenvalue weighted by molar-refractivity contribution is 7.99. The number of hydrogen-bond donors (Lipinski definition) is 1. The number of halogens is 2. The van der Waals surface area contributed by atoms with E-state index in [0.717, 1.165) is 32.3 Å². The van der Waals surface area contributed by atoms with Gasteiger partial charge in [0, 0.05) is 46.7 Å². The van der Waals surface area contributed by atoms with Gasteiger partial charge in [0.25, 0.3) is 0 Å². The number of benzene rings is 3. The Bertz CT molecular complexity index is 1390. The highest BCUT2D eigenvalue weighted by atomic mass is 32.2. The number of aliphatic hydroxyl groups is 1. The molecule has 0 radical (unpaired) electrons. The van der Waals surface area contributed by atoms with Crippen LogP contribution in [-0.2, 0) is 17.9 Å². The Labute approximate surface area is 213 Å². The van der Waals surface area contributed by atoms with Crippen molar-refractivity contribution in [3.8, 4) is 0 Å². The van der Waals surface area contributed by atoms with E-state index >= 15 is 0 Å². The molecular formula is C28H28F2N2O3S. The van der Waals surface area contributed by atoms with Gasteiger partial charge in [0.1, 0.15) is 17.2 Å². The molecule has 36 heavy (non-hydrogen) atoms. The van der Waals surface area contributed by atoms with Crippen LogP contribution in [-0.4, -0.2) is 28.4 Å². The molecule has 0 bridgehead atoms. The van der Waals surface area contributed by atoms with Gasteiger partial charge in [-0.1, -0.05) is 30.0 Å². The van der Waals surface area contributed by atoms with Crippen LogP contribution in [0, 0.1) is 11.6 Å². The summed E-state index contributed by atoms with van der Waals surface area (Å²) in [7, 11) is 1.64. The molecule has 0 aliphatic heterocycles. The molecule has 1 aromatic heterocycles. The first kappa shape index (κ1) is 25.7. The Morgan fingerprint density at radius 2 is 1.72 bits per heavy atom. The number of carbonyl (C=O) groups excluding carboxylic acids is 1. The van der Waals surface area contributed by atoms with Gasteiger partial charge in [-0.05, 0) is 68.3 Å². The summed E-state index contributed by atoms with van der Waals surface area (Å²) < 4.78 is 35.2. The molecule has 0 aliphatic carbocycles. The van der Waals surface area contributed by atoms with E-state index in [1.807, 2.05) is 53.2 Å². The molecule has 0 fully saturated rings. The minimum atomic E-state index is -0.640. The number of nitrogens with zero attached hydrogens (tertiary/aromatic N) is 2. The van der Waals surface area contributed by atoms with E-state index in [2.05, 4.69) is 0 Å². The first-order valence-corrected chi connectivity index (χ1v) is 12.3. The van der Waals surface area contributed by atoms with Gasteiger partial charge in [0.05, 0.1) is 12.1 Å². The Balaban J connectivity index is 1.78. The maximum absolute atomic E-state index is 13.9. The Morgan fingerprint density at radius 3 is 2.39 bits per heavy atom. The lowest BCUT2D eigenvalue weighted by atomic mass is 10.2. The third kappa shape index (κ3) is 5.88. The summed E-state index contributed by atoms with van der Waals surface area (Å²) in [5, 5.41) is 10.7. The largest absolute Gasteiger partial charge is 0.443 e. The Kier molecular flexibility index (Phi) is 7.38. The summed E-state index contributed by atoms with van der Waals surface area (Å²) >= 11 is 1.50. The van der Waals surface area contributed by atoms with Crippen molar-refractivity contribution in [3.05, 3.63) is 89.6 Å². The monoisotopic (exact) mass is 510 g/mol. The molecule has 0 atom stereocenters. The molecule has 1 N–H and O–H groups in total. The van der Waals surface area contributed by atoms with Gasteiger partial charge in [-0.3, -0.25) is 4.90 Å². The average Bonchev–Trinajstić information content (AvgIpc) is 3.13. The first-order chi connectivity index (χ1) is 17.0. The van der Waals surface area contributed by atoms with Crippen molar-refractivity contribution in [2.45, 2.75) is 49.3 Å². The molecule has 5 nitrogen and oxygen atoms in total. The predicted octanol–water partition coefficient (Wildman–Crippen LogP) is 6.98. The zero-order valence-electron chi connectivity index (χ0n) is 20.6. The number of ether oxygens (including phenoxy) is 1. The van der Waals surface area contributed by atoms with Gasteiger partial charge < -0.3 is 14.4 Å². The van der Waals surface area contributed by atoms with E-state index in [9.17, 15) is 18.7 Å². The minimum absolute atomic E-state index is 0.0881. The lowest BCUT2D eigenvalue weighted by Crippen LogP contribution is -2.34. The van der Waals surface area contributed by atoms with Crippen LogP contribution in [0.3, 0.4) is 0 Å². The third-order valence-electron chi connectivity index (χ3n) is 5.52. The molecule has 0 saturated carbocycles. The Morgan fingerprint density at radius 1 is 1.03 bits per heavy atom. The average molecular weight is 511 g/mol. The van der Waals surface area contributed by atoms with Crippen molar-refractivity contribution in [2.75, 3.05) is 11.9 Å². The fourth-order valence-electron chi connectivity index (χ4n) is 3.85. The van der Waals surface area contributed by atoms with Gasteiger partial charge >= 0.3 is 6.09 Å². The summed E-state index contributed by atoms with van der Waals surface area (Å²) in [6.07, 6.45) is 1.43. The predicted molar refractivity (Wildman–Crippen MR) is 139 cm³/mol. The van der Waals surface area contributed by atoms with Crippen LogP contribution >= 0.6 is 11.8 Å². The highest BCUT2D eigenvalue weighted by Gasteiger charge is 2.22. The number of hydrogen-bond acceptors (Lipinski definition) is 4. The van der Waals surface area contributed by atoms with E-state index < -0.39 is 23.3 Å². The molecule has 0 unspecified atom stereocenters. The van der Waals surface area contributed by atoms with Gasteiger partial charge in [-0.15, -0.1) is 0 Å². The van der Waals surface area contributed by atoms with Crippen LogP contribution in [0.2, 0.25) is 0 Å². The van der Waals surface area contributed by atoms with E-state index in [-0.39, 0.29) is 13.2 Å². The fourth-order valence-corrected chi connectivity index (χ4v) is 4.96. The molecule has 3 aromatic carbocycles. The summed E-state index contributed by atoms with van der Waals surface area (Å²) in [5.74, 6) is -1.28. The number of amides is 1. The van der Waals surface area contributed by atoms with Crippen molar-refractivity contribution in [3.63, 3.8) is 0 Å². The molecule has 8 heteroatoms. The third-order valence-corrected chi connectivity index (χ3v) is 6.69. The second-order valence-electron chi connectivity index (χ2n) is 9.51. The van der Waals surface area contributed by atoms with E-state index in [1.54, 1.807) is 27.8 Å². The van der Waals surface area contributed by atoms with Gasteiger partial charge in [-0.2, -0.15) is 0 Å². The molecule has 4 rings (SSSR count). The van der Waals surface area contributed by atoms with Crippen LogP contribution in [0.15, 0.2) is 76.7 Å². The number of carbonyl (C=O) groups is 1. The molecule has 4 aromatic rings. The molecule has 0 spiro atoms. The lowest BCUT2D eigenvalue weighted by Gasteiger charge is -2.24. The summed E-state index contributed by atoms with van der Waals surface area (Å²) in [4.78, 5) is 15.9. The van der Waals surface area contributed by atoms with Crippen LogP contribution < -0.4 is 4.90 Å². The van der Waals surface area contributed by atoms with Gasteiger partial charge in [0.15, 0.2) is 0 Å². The van der Waals surface area contributed by atoms with Crippen molar-refractivity contribution >= 4 is 34.4 Å². The normalized spacial score (nSPS) is 11.6. The first-order valence-electron chi connectivity index (χ1n) is 11.5. The topological polar surface area (TPSA) is 54.7 Å². The van der Waals surface area contributed by atoms with Crippen molar-refractivity contribution in [1.82, 2.24) is 4.57 Å². The van der Waals surface area contributed by atoms with Crippen LogP contribution in [0.25, 0.3) is 10.9 Å². The van der Waals surface area contributed by atoms with E-state index in [1.165, 1.54) is 28.8 Å². The smallest absolute Gasteiger partial charge is 0.414 e. The maximum atomic E-state index is 13.9. The van der Waals surface area contributed by atoms with Crippen molar-refractivity contribution < 1.29 is 23.4 Å². The van der Waals surface area contributed by atoms with Gasteiger partial charge in [0.2, 0.25) is 0 Å². The van der Waals surface area contributed by atoms with E-state index in [4.69, 9.17) is 4.74 Å². The number of anilines is 1. The van der Waals surface area contributed by atoms with Gasteiger partial charge in [-0.25, -0.2) is 13.6 Å². The summed E-state index contributed by atoms with van der Waals surface area (Å²) in [6, 6.07) is 16.6. The second kappa shape index (κ2) is 10.3. The molecular weight excluding hydrogens is 482 g/mol. The summed E-state index contributed by atoms with van der Waals surface area (Å²) in [5.41, 5.74) is 2.05. The second-order valence-corrected chi connectivity index (χ2v) is 10.6. The molecule has 1 amide bonds. The highest BCUT2D eigenvalue weighted by Crippen LogP contribution is 2.38. The minimum Gasteiger partial charge on any atom is -0.443 e. The van der Waals surface area contributed by atoms with Crippen molar-refractivity contribution in [1.29, 1.82) is 0 Å². The zero-order chi connectivity index (χ0) is 26.0. The number of aliphatic hydroxyl groups excluding tert-OH is 1. The van der Waals surface area contributed by atoms with Crippen LogP contribution in [0.4, 0.5) is 19.3 Å². The lowest BCUT2D eigenvalue weighted by molar-refractivity contribution is 0.0589. The van der Waals surface area contributed by atoms with E-state index in [0.29, 0.717) is 11.3 Å². The van der Waals surface area contributed by atoms with Crippen molar-refractivity contribution in [2.24, 2.45) is 0 Å². The SMILES string of the molecule is CN(C(=O)OC(C)(C)C)c1ccc2c(Sc3ccccc3CO)cn(Cc3cc(F)cc(F)c3)c2c1. The molecule has 0 aliphatic rings. The Hall–Kier alpha value is -3.36. The van der Waals surface area contributed by atoms with Crippen LogP contribution in [0.5, 0.6) is 0 Å². The molecule has 1 heterocycles. The quantitative estimate of drug-likeness (QED) is 0.304. The number of rotatable bonds is 6. The van der Waals surface area contributed by atoms with Crippen LogP contribution in [0.1, 0.15) is 31.9 Å². The number of aromatic nitrogens is 1. The maximum Gasteiger partial charge on any atom is 0.414 e. The molecule has 0 saturated heterocycles. The fraction of sp³-hybridized carbons (Fsp3) is 0.250. The molecule has 188 valence electrons.